The number of nitrogens with zero attached hydrogens (tertiary/aromatic N) is 2. The smallest absolute Gasteiger partial charge is 0.321 e. The number of nitriles is 1. The topological polar surface area (TPSA) is 82.2 Å². The molecule has 0 aliphatic carbocycles. The minimum atomic E-state index is -0.136. The molecule has 0 saturated carbocycles. The Balaban J connectivity index is 2.74. The van der Waals surface area contributed by atoms with Gasteiger partial charge in [-0.2, -0.15) is 5.26 Å². The van der Waals surface area contributed by atoms with Gasteiger partial charge in [-0.25, -0.2) is 4.79 Å². The van der Waals surface area contributed by atoms with Crippen LogP contribution in [0.3, 0.4) is 0 Å². The van der Waals surface area contributed by atoms with Crippen LogP contribution in [0.4, 0.5) is 10.5 Å². The predicted molar refractivity (Wildman–Crippen MR) is 84.9 cm³/mol. The Morgan fingerprint density at radius 2 is 2.00 bits per heavy atom. The molecule has 0 bridgehead atoms. The van der Waals surface area contributed by atoms with Crippen molar-refractivity contribution in [3.8, 4) is 6.07 Å². The zero-order valence-corrected chi connectivity index (χ0v) is 13.0. The third-order valence-corrected chi connectivity index (χ3v) is 3.22. The molecule has 0 radical (unpaired) electrons. The maximum atomic E-state index is 12.4. The van der Waals surface area contributed by atoms with Gasteiger partial charge < -0.3 is 16.0 Å². The molecule has 1 rings (SSSR count). The van der Waals surface area contributed by atoms with Crippen LogP contribution in [-0.2, 0) is 0 Å². The van der Waals surface area contributed by atoms with Gasteiger partial charge in [0, 0.05) is 18.8 Å². The van der Waals surface area contributed by atoms with Crippen LogP contribution in [0.15, 0.2) is 24.3 Å². The third kappa shape index (κ3) is 5.44. The number of nitrogens with two attached hydrogens (primary N) is 1. The molecule has 0 spiro atoms. The number of benzene rings is 1. The lowest BCUT2D eigenvalue weighted by Gasteiger charge is -2.31. The molecule has 2 amide bonds. The van der Waals surface area contributed by atoms with E-state index >= 15 is 0 Å². The van der Waals surface area contributed by atoms with E-state index in [0.29, 0.717) is 30.9 Å². The summed E-state index contributed by atoms with van der Waals surface area (Å²) in [5.74, 6) is 0. The molecule has 0 heterocycles. The first-order valence-electron chi connectivity index (χ1n) is 7.18. The van der Waals surface area contributed by atoms with Crippen LogP contribution >= 0.6 is 0 Å². The summed E-state index contributed by atoms with van der Waals surface area (Å²) in [6.07, 6.45) is 0.890. The van der Waals surface area contributed by atoms with Crippen LogP contribution in [0.5, 0.6) is 0 Å². The molecule has 1 aromatic carbocycles. The van der Waals surface area contributed by atoms with Crippen molar-refractivity contribution in [3.05, 3.63) is 29.8 Å². The molecule has 0 aromatic heterocycles. The number of nitrogens with one attached hydrogen (secondary N) is 1. The summed E-state index contributed by atoms with van der Waals surface area (Å²) in [6, 6.07) is 8.75. The SMILES string of the molecule is CCCN(CC(C)(C)CN)C(=O)Nc1ccc(C#N)cc1. The molecule has 5 nitrogen and oxygen atoms in total. The Morgan fingerprint density at radius 3 is 2.48 bits per heavy atom. The van der Waals surface area contributed by atoms with Gasteiger partial charge in [0.2, 0.25) is 0 Å². The highest BCUT2D eigenvalue weighted by molar-refractivity contribution is 5.89. The Kier molecular flexibility index (Phi) is 6.19. The second kappa shape index (κ2) is 7.65. The van der Waals surface area contributed by atoms with Crippen molar-refractivity contribution in [1.82, 2.24) is 4.90 Å². The van der Waals surface area contributed by atoms with Crippen molar-refractivity contribution < 1.29 is 4.79 Å². The molecule has 0 saturated heterocycles. The Morgan fingerprint density at radius 1 is 1.38 bits per heavy atom. The van der Waals surface area contributed by atoms with Gasteiger partial charge in [-0.15, -0.1) is 0 Å². The molecule has 0 aliphatic heterocycles. The maximum absolute atomic E-state index is 12.4. The highest BCUT2D eigenvalue weighted by Gasteiger charge is 2.23. The summed E-state index contributed by atoms with van der Waals surface area (Å²) in [5, 5.41) is 11.6. The van der Waals surface area contributed by atoms with Crippen molar-refractivity contribution in [2.45, 2.75) is 27.2 Å². The molecular weight excluding hydrogens is 264 g/mol. The Labute approximate surface area is 126 Å². The van der Waals surface area contributed by atoms with Gasteiger partial charge in [-0.1, -0.05) is 20.8 Å². The largest absolute Gasteiger partial charge is 0.330 e. The van der Waals surface area contributed by atoms with E-state index in [1.807, 2.05) is 20.8 Å². The molecule has 3 N–H and O–H groups in total. The number of rotatable bonds is 6. The molecule has 1 aromatic rings. The summed E-state index contributed by atoms with van der Waals surface area (Å²) < 4.78 is 0. The monoisotopic (exact) mass is 288 g/mol. The van der Waals surface area contributed by atoms with Crippen LogP contribution in [-0.4, -0.2) is 30.6 Å². The molecule has 0 atom stereocenters. The number of carbonyl (C=O) groups is 1. The predicted octanol–water partition coefficient (Wildman–Crippen LogP) is 2.79. The van der Waals surface area contributed by atoms with E-state index in [9.17, 15) is 4.79 Å². The highest BCUT2D eigenvalue weighted by Crippen LogP contribution is 2.17. The lowest BCUT2D eigenvalue weighted by Crippen LogP contribution is -2.44. The second-order valence-corrected chi connectivity index (χ2v) is 5.91. The van der Waals surface area contributed by atoms with Crippen molar-refractivity contribution >= 4 is 11.7 Å². The minimum absolute atomic E-state index is 0.114. The summed E-state index contributed by atoms with van der Waals surface area (Å²) in [4.78, 5) is 14.1. The normalized spacial score (nSPS) is 10.8. The molecule has 0 fully saturated rings. The van der Waals surface area contributed by atoms with Crippen LogP contribution < -0.4 is 11.1 Å². The van der Waals surface area contributed by atoms with Crippen LogP contribution in [0.1, 0.15) is 32.8 Å². The molecule has 21 heavy (non-hydrogen) atoms. The van der Waals surface area contributed by atoms with Crippen LogP contribution in [0, 0.1) is 16.7 Å². The van der Waals surface area contributed by atoms with Gasteiger partial charge in [-0.05, 0) is 42.6 Å². The number of amides is 2. The lowest BCUT2D eigenvalue weighted by molar-refractivity contribution is 0.181. The summed E-state index contributed by atoms with van der Waals surface area (Å²) in [7, 11) is 0. The van der Waals surface area contributed by atoms with Crippen molar-refractivity contribution in [1.29, 1.82) is 5.26 Å². The number of hydrogen-bond acceptors (Lipinski definition) is 3. The summed E-state index contributed by atoms with van der Waals surface area (Å²) in [6.45, 7) is 7.95. The summed E-state index contributed by atoms with van der Waals surface area (Å²) >= 11 is 0. The maximum Gasteiger partial charge on any atom is 0.321 e. The van der Waals surface area contributed by atoms with E-state index in [2.05, 4.69) is 11.4 Å². The van der Waals surface area contributed by atoms with Gasteiger partial charge in [-0.3, -0.25) is 0 Å². The molecule has 5 heteroatoms. The first-order valence-corrected chi connectivity index (χ1v) is 7.18. The van der Waals surface area contributed by atoms with Crippen molar-refractivity contribution in [3.63, 3.8) is 0 Å². The van der Waals surface area contributed by atoms with Crippen LogP contribution in [0.25, 0.3) is 0 Å². The third-order valence-electron chi connectivity index (χ3n) is 3.22. The lowest BCUT2D eigenvalue weighted by atomic mass is 9.93. The highest BCUT2D eigenvalue weighted by atomic mass is 16.2. The number of anilines is 1. The number of urea groups is 1. The van der Waals surface area contributed by atoms with E-state index in [0.717, 1.165) is 6.42 Å². The fourth-order valence-electron chi connectivity index (χ4n) is 1.93. The van der Waals surface area contributed by atoms with Crippen molar-refractivity contribution in [2.24, 2.45) is 11.1 Å². The van der Waals surface area contributed by atoms with Gasteiger partial charge in [0.05, 0.1) is 11.6 Å². The molecule has 0 unspecified atom stereocenters. The first-order chi connectivity index (χ1) is 9.91. The van der Waals surface area contributed by atoms with E-state index in [1.165, 1.54) is 0 Å². The first kappa shape index (κ1) is 17.0. The fraction of sp³-hybridized carbons (Fsp3) is 0.500. The van der Waals surface area contributed by atoms with Gasteiger partial charge in [0.1, 0.15) is 0 Å². The Bertz CT molecular complexity index is 502. The Hall–Kier alpha value is -2.06. The van der Waals surface area contributed by atoms with Crippen LogP contribution in [0.2, 0.25) is 0 Å². The number of carbonyl (C=O) groups excluding carboxylic acids is 1. The van der Waals surface area contributed by atoms with E-state index in [1.54, 1.807) is 29.2 Å². The van der Waals surface area contributed by atoms with Gasteiger partial charge >= 0.3 is 6.03 Å². The average Bonchev–Trinajstić information content (AvgIpc) is 2.47. The van der Waals surface area contributed by atoms with Crippen molar-refractivity contribution in [2.75, 3.05) is 25.0 Å². The van der Waals surface area contributed by atoms with E-state index in [-0.39, 0.29) is 11.4 Å². The fourth-order valence-corrected chi connectivity index (χ4v) is 1.93. The van der Waals surface area contributed by atoms with E-state index in [4.69, 9.17) is 11.0 Å². The van der Waals surface area contributed by atoms with Gasteiger partial charge in [0.15, 0.2) is 0 Å². The molecular formula is C16H24N4O. The zero-order valence-electron chi connectivity index (χ0n) is 13.0. The summed E-state index contributed by atoms with van der Waals surface area (Å²) in [5.41, 5.74) is 6.89. The second-order valence-electron chi connectivity index (χ2n) is 5.91. The molecule has 114 valence electrons. The average molecular weight is 288 g/mol. The quantitative estimate of drug-likeness (QED) is 0.844. The zero-order chi connectivity index (χ0) is 15.9. The van der Waals surface area contributed by atoms with E-state index < -0.39 is 0 Å². The molecule has 0 aliphatic rings. The number of hydrogen-bond donors (Lipinski definition) is 2. The van der Waals surface area contributed by atoms with Gasteiger partial charge in [0.25, 0.3) is 0 Å². The minimum Gasteiger partial charge on any atom is -0.330 e. The standard InChI is InChI=1S/C16H24N4O/c1-4-9-20(12-16(2,3)11-18)15(21)19-14-7-5-13(10-17)6-8-14/h5-8H,4,9,11-12,18H2,1-3H3,(H,19,21).